The first-order valence-electron chi connectivity index (χ1n) is 7.00. The van der Waals surface area contributed by atoms with Crippen LogP contribution in [0, 0.1) is 5.92 Å². The molecule has 1 aliphatic carbocycles. The Kier molecular flexibility index (Phi) is 3.50. The van der Waals surface area contributed by atoms with Crippen LogP contribution in [0.1, 0.15) is 18.4 Å². The van der Waals surface area contributed by atoms with Crippen molar-refractivity contribution in [3.63, 3.8) is 0 Å². The number of ether oxygens (including phenoxy) is 1. The van der Waals surface area contributed by atoms with Crippen molar-refractivity contribution in [3.8, 4) is 0 Å². The van der Waals surface area contributed by atoms with E-state index in [4.69, 9.17) is 4.74 Å². The summed E-state index contributed by atoms with van der Waals surface area (Å²) in [5, 5.41) is 9.22. The summed E-state index contributed by atoms with van der Waals surface area (Å²) in [7, 11) is 0. The monoisotopic (exact) mass is 311 g/mol. The van der Waals surface area contributed by atoms with Crippen molar-refractivity contribution in [1.82, 2.24) is 4.90 Å². The van der Waals surface area contributed by atoms with Crippen molar-refractivity contribution in [2.75, 3.05) is 0 Å². The van der Waals surface area contributed by atoms with Crippen LogP contribution < -0.4 is 0 Å². The second kappa shape index (κ2) is 5.23. The quantitative estimate of drug-likeness (QED) is 0.931. The number of halogens is 2. The smallest absolute Gasteiger partial charge is 0.411 e. The Labute approximate surface area is 125 Å². The lowest BCUT2D eigenvalue weighted by molar-refractivity contribution is -0.151. The van der Waals surface area contributed by atoms with Gasteiger partial charge in [0.1, 0.15) is 12.6 Å². The Morgan fingerprint density at radius 3 is 2.64 bits per heavy atom. The number of nitrogens with zero attached hydrogens (tertiary/aromatic N) is 1. The molecule has 2 fully saturated rings. The van der Waals surface area contributed by atoms with Crippen molar-refractivity contribution >= 4 is 12.1 Å². The summed E-state index contributed by atoms with van der Waals surface area (Å²) in [5.41, 5.74) is 0.707. The van der Waals surface area contributed by atoms with Crippen LogP contribution in [0.4, 0.5) is 13.6 Å². The number of fused-ring (bicyclic) bond motifs is 2. The van der Waals surface area contributed by atoms with Gasteiger partial charge in [-0.15, -0.1) is 0 Å². The number of alkyl halides is 2. The van der Waals surface area contributed by atoms with Gasteiger partial charge < -0.3 is 9.84 Å². The first kappa shape index (κ1) is 14.7. The number of benzene rings is 1. The first-order valence-corrected chi connectivity index (χ1v) is 7.00. The Hall–Kier alpha value is -2.18. The molecule has 0 aromatic heterocycles. The SMILES string of the molecule is O=C(O)[C@@H]1C2CC(N1C(=O)OCc1ccccc1)C(F)(F)C2. The van der Waals surface area contributed by atoms with Crippen LogP contribution in [-0.2, 0) is 16.1 Å². The van der Waals surface area contributed by atoms with Gasteiger partial charge in [-0.2, -0.15) is 0 Å². The fourth-order valence-corrected chi connectivity index (χ4v) is 3.36. The summed E-state index contributed by atoms with van der Waals surface area (Å²) in [5.74, 6) is -5.04. The van der Waals surface area contributed by atoms with E-state index in [2.05, 4.69) is 0 Å². The van der Waals surface area contributed by atoms with Crippen molar-refractivity contribution in [2.24, 2.45) is 5.92 Å². The maximum atomic E-state index is 13.8. The van der Waals surface area contributed by atoms with E-state index in [9.17, 15) is 23.5 Å². The van der Waals surface area contributed by atoms with E-state index < -0.39 is 42.4 Å². The first-order chi connectivity index (χ1) is 10.4. The number of hydrogen-bond donors (Lipinski definition) is 1. The van der Waals surface area contributed by atoms with E-state index >= 15 is 0 Å². The lowest BCUT2D eigenvalue weighted by Gasteiger charge is -2.36. The summed E-state index contributed by atoms with van der Waals surface area (Å²) in [4.78, 5) is 24.1. The van der Waals surface area contributed by atoms with Crippen molar-refractivity contribution < 1.29 is 28.2 Å². The molecule has 2 unspecified atom stereocenters. The van der Waals surface area contributed by atoms with Gasteiger partial charge in [-0.1, -0.05) is 30.3 Å². The molecule has 3 rings (SSSR count). The number of amides is 1. The number of aliphatic carboxylic acids is 1. The molecule has 2 bridgehead atoms. The summed E-state index contributed by atoms with van der Waals surface area (Å²) in [6.45, 7) is -0.0779. The zero-order chi connectivity index (χ0) is 15.9. The fourth-order valence-electron chi connectivity index (χ4n) is 3.36. The second-order valence-electron chi connectivity index (χ2n) is 5.71. The standard InChI is InChI=1S/C15H15F2NO4/c16-15(17)7-10-6-11(15)18(12(10)13(19)20)14(21)22-8-9-4-2-1-3-5-9/h1-5,10-12H,6-8H2,(H,19,20)/t10?,11?,12-/m0/s1. The van der Waals surface area contributed by atoms with Crippen LogP contribution in [0.5, 0.6) is 0 Å². The molecule has 1 aromatic rings. The van der Waals surface area contributed by atoms with Gasteiger partial charge in [0.2, 0.25) is 0 Å². The molecule has 1 aliphatic heterocycles. The lowest BCUT2D eigenvalue weighted by Crippen LogP contribution is -2.56. The molecule has 0 radical (unpaired) electrons. The van der Waals surface area contributed by atoms with Crippen LogP contribution in [0.25, 0.3) is 0 Å². The molecule has 118 valence electrons. The predicted molar refractivity (Wildman–Crippen MR) is 71.3 cm³/mol. The third-order valence-electron chi connectivity index (χ3n) is 4.30. The van der Waals surface area contributed by atoms with E-state index in [0.717, 1.165) is 0 Å². The molecule has 1 amide bonds. The Bertz CT molecular complexity index is 592. The van der Waals surface area contributed by atoms with E-state index in [-0.39, 0.29) is 13.0 Å². The molecular weight excluding hydrogens is 296 g/mol. The molecule has 22 heavy (non-hydrogen) atoms. The highest BCUT2D eigenvalue weighted by atomic mass is 19.3. The van der Waals surface area contributed by atoms with E-state index in [1.165, 1.54) is 0 Å². The molecule has 7 heteroatoms. The minimum atomic E-state index is -3.05. The minimum Gasteiger partial charge on any atom is -0.480 e. The van der Waals surface area contributed by atoms with Gasteiger partial charge in [-0.25, -0.2) is 18.4 Å². The molecule has 1 aromatic carbocycles. The van der Waals surface area contributed by atoms with Crippen molar-refractivity contribution in [1.29, 1.82) is 0 Å². The molecule has 2 aliphatic rings. The summed E-state index contributed by atoms with van der Waals surface area (Å²) >= 11 is 0. The van der Waals surface area contributed by atoms with Crippen molar-refractivity contribution in [2.45, 2.75) is 37.5 Å². The fraction of sp³-hybridized carbons (Fsp3) is 0.467. The third-order valence-corrected chi connectivity index (χ3v) is 4.30. The Balaban J connectivity index is 1.73. The highest BCUT2D eigenvalue weighted by molar-refractivity contribution is 5.82. The van der Waals surface area contributed by atoms with Crippen molar-refractivity contribution in [3.05, 3.63) is 35.9 Å². The molecule has 5 nitrogen and oxygen atoms in total. The predicted octanol–water partition coefficient (Wildman–Crippen LogP) is 2.51. The molecule has 3 atom stereocenters. The van der Waals surface area contributed by atoms with Gasteiger partial charge in [-0.05, 0) is 17.9 Å². The zero-order valence-corrected chi connectivity index (χ0v) is 11.6. The highest BCUT2D eigenvalue weighted by Gasteiger charge is 2.64. The number of carboxylic acids is 1. The van der Waals surface area contributed by atoms with E-state index in [1.807, 2.05) is 0 Å². The van der Waals surface area contributed by atoms with Gasteiger partial charge in [0, 0.05) is 6.42 Å². The van der Waals surface area contributed by atoms with Gasteiger partial charge >= 0.3 is 12.1 Å². The molecule has 1 N–H and O–H groups in total. The topological polar surface area (TPSA) is 66.8 Å². The van der Waals surface area contributed by atoms with Gasteiger partial charge in [-0.3, -0.25) is 4.90 Å². The molecule has 0 spiro atoms. The highest BCUT2D eigenvalue weighted by Crippen LogP contribution is 2.51. The van der Waals surface area contributed by atoms with Gasteiger partial charge in [0.05, 0.1) is 6.04 Å². The number of hydrogen-bond acceptors (Lipinski definition) is 3. The number of rotatable bonds is 3. The van der Waals surface area contributed by atoms with E-state index in [0.29, 0.717) is 10.5 Å². The summed E-state index contributed by atoms with van der Waals surface area (Å²) in [6.07, 6.45) is -1.48. The van der Waals surface area contributed by atoms with Crippen LogP contribution in [0.3, 0.4) is 0 Å². The average Bonchev–Trinajstić information content (AvgIpc) is 2.98. The van der Waals surface area contributed by atoms with Gasteiger partial charge in [0.15, 0.2) is 0 Å². The van der Waals surface area contributed by atoms with Gasteiger partial charge in [0.25, 0.3) is 5.92 Å². The summed E-state index contributed by atoms with van der Waals surface area (Å²) in [6, 6.07) is 6.16. The maximum Gasteiger partial charge on any atom is 0.411 e. The molecule has 1 saturated carbocycles. The number of carbonyl (C=O) groups is 2. The van der Waals surface area contributed by atoms with Crippen LogP contribution in [0.2, 0.25) is 0 Å². The Morgan fingerprint density at radius 2 is 2.00 bits per heavy atom. The minimum absolute atomic E-state index is 0.00437. The Morgan fingerprint density at radius 1 is 1.32 bits per heavy atom. The number of carbonyl (C=O) groups excluding carboxylic acids is 1. The zero-order valence-electron chi connectivity index (χ0n) is 11.6. The number of piperidine rings is 1. The number of likely N-dealkylation sites (tertiary alicyclic amines) is 1. The second-order valence-corrected chi connectivity index (χ2v) is 5.71. The molecule has 1 saturated heterocycles. The van der Waals surface area contributed by atoms with E-state index in [1.54, 1.807) is 30.3 Å². The molecule has 1 heterocycles. The lowest BCUT2D eigenvalue weighted by atomic mass is 9.97. The summed E-state index contributed by atoms with van der Waals surface area (Å²) < 4.78 is 32.6. The van der Waals surface area contributed by atoms with Crippen LogP contribution in [0.15, 0.2) is 30.3 Å². The third kappa shape index (κ3) is 2.40. The van der Waals surface area contributed by atoms with Crippen LogP contribution in [-0.4, -0.2) is 40.1 Å². The molecular formula is C15H15F2NO4. The largest absolute Gasteiger partial charge is 0.480 e. The normalized spacial score (nSPS) is 28.6. The van der Waals surface area contributed by atoms with Crippen LogP contribution >= 0.6 is 0 Å². The average molecular weight is 311 g/mol. The maximum absolute atomic E-state index is 13.8. The number of carboxylic acid groups (broad SMARTS) is 1.